The van der Waals surface area contributed by atoms with E-state index in [-0.39, 0.29) is 0 Å². The summed E-state index contributed by atoms with van der Waals surface area (Å²) in [6, 6.07) is 24.8. The molecule has 1 aliphatic rings. The van der Waals surface area contributed by atoms with Crippen molar-refractivity contribution in [1.82, 2.24) is 9.97 Å². The lowest BCUT2D eigenvalue weighted by Crippen LogP contribution is -2.17. The van der Waals surface area contributed by atoms with Crippen LogP contribution < -0.4 is 15.4 Å². The van der Waals surface area contributed by atoms with Gasteiger partial charge in [-0.2, -0.15) is 4.98 Å². The number of benzene rings is 3. The molecule has 0 amide bonds. The molecule has 0 atom stereocenters. The molecule has 0 radical (unpaired) electrons. The van der Waals surface area contributed by atoms with E-state index in [1.165, 1.54) is 31.2 Å². The van der Waals surface area contributed by atoms with Gasteiger partial charge in [-0.15, -0.1) is 0 Å². The first-order valence-corrected chi connectivity index (χ1v) is 11.3. The first-order chi connectivity index (χ1) is 15.7. The van der Waals surface area contributed by atoms with Gasteiger partial charge in [0.2, 0.25) is 5.95 Å². The predicted octanol–water partition coefficient (Wildman–Crippen LogP) is 6.70. The lowest BCUT2D eigenvalue weighted by atomic mass is 10.2. The number of para-hydroxylation sites is 2. The third-order valence-electron chi connectivity index (χ3n) is 5.96. The van der Waals surface area contributed by atoms with E-state index in [0.29, 0.717) is 18.5 Å². The third kappa shape index (κ3) is 4.67. The standard InChI is InChI=1S/C27H28N4O/c1-19-14-16-22(17-15-19)32-25-13-7-2-8-20(25)18-28-27-30-24-12-6-5-11-23(24)26(31-27)29-21-9-3-4-10-21/h2,5-8,11-17,21H,3-4,9-10,18H2,1H3,(H2,28,29,30,31). The summed E-state index contributed by atoms with van der Waals surface area (Å²) < 4.78 is 6.14. The molecule has 162 valence electrons. The van der Waals surface area contributed by atoms with Crippen LogP contribution in [0.15, 0.2) is 72.8 Å². The van der Waals surface area contributed by atoms with E-state index in [1.807, 2.05) is 48.5 Å². The van der Waals surface area contributed by atoms with Gasteiger partial charge in [0.25, 0.3) is 0 Å². The van der Waals surface area contributed by atoms with E-state index < -0.39 is 0 Å². The van der Waals surface area contributed by atoms with Crippen LogP contribution >= 0.6 is 0 Å². The molecule has 1 saturated carbocycles. The van der Waals surface area contributed by atoms with Crippen molar-refractivity contribution >= 4 is 22.7 Å². The zero-order chi connectivity index (χ0) is 21.8. The SMILES string of the molecule is Cc1ccc(Oc2ccccc2CNc2nc(NC3CCCC3)c3ccccc3n2)cc1. The number of nitrogens with one attached hydrogen (secondary N) is 2. The molecule has 32 heavy (non-hydrogen) atoms. The fraction of sp³-hybridized carbons (Fsp3) is 0.259. The normalized spacial score (nSPS) is 13.9. The molecule has 0 spiro atoms. The molecule has 0 bridgehead atoms. The second-order valence-electron chi connectivity index (χ2n) is 8.42. The van der Waals surface area contributed by atoms with Crippen LogP contribution in [0.4, 0.5) is 11.8 Å². The molecule has 5 heteroatoms. The Morgan fingerprint density at radius 3 is 2.47 bits per heavy atom. The van der Waals surface area contributed by atoms with E-state index in [0.717, 1.165) is 33.8 Å². The second kappa shape index (κ2) is 9.27. The lowest BCUT2D eigenvalue weighted by Gasteiger charge is -2.16. The molecule has 2 N–H and O–H groups in total. The zero-order valence-corrected chi connectivity index (χ0v) is 18.3. The summed E-state index contributed by atoms with van der Waals surface area (Å²) >= 11 is 0. The first kappa shape index (κ1) is 20.3. The molecule has 5 rings (SSSR count). The number of fused-ring (bicyclic) bond motifs is 1. The van der Waals surface area contributed by atoms with Crippen molar-refractivity contribution in [2.75, 3.05) is 10.6 Å². The Kier molecular flexibility index (Phi) is 5.88. The van der Waals surface area contributed by atoms with E-state index >= 15 is 0 Å². The average Bonchev–Trinajstić information content (AvgIpc) is 3.33. The fourth-order valence-electron chi connectivity index (χ4n) is 4.19. The predicted molar refractivity (Wildman–Crippen MR) is 130 cm³/mol. The Bertz CT molecular complexity index is 1200. The molecular formula is C27H28N4O. The summed E-state index contributed by atoms with van der Waals surface area (Å²) in [5.74, 6) is 3.19. The minimum absolute atomic E-state index is 0.491. The molecule has 0 aliphatic heterocycles. The van der Waals surface area contributed by atoms with Gasteiger partial charge >= 0.3 is 0 Å². The topological polar surface area (TPSA) is 59.1 Å². The highest BCUT2D eigenvalue weighted by molar-refractivity contribution is 5.90. The minimum Gasteiger partial charge on any atom is -0.457 e. The Balaban J connectivity index is 1.37. The molecule has 1 aromatic heterocycles. The monoisotopic (exact) mass is 424 g/mol. The minimum atomic E-state index is 0.491. The molecule has 0 unspecified atom stereocenters. The summed E-state index contributed by atoms with van der Waals surface area (Å²) in [6.07, 6.45) is 4.96. The van der Waals surface area contributed by atoms with Gasteiger partial charge in [0.15, 0.2) is 0 Å². The maximum absolute atomic E-state index is 6.14. The van der Waals surface area contributed by atoms with Crippen molar-refractivity contribution < 1.29 is 4.74 Å². The van der Waals surface area contributed by atoms with Crippen molar-refractivity contribution in [2.24, 2.45) is 0 Å². The second-order valence-corrected chi connectivity index (χ2v) is 8.42. The number of ether oxygens (including phenoxy) is 1. The summed E-state index contributed by atoms with van der Waals surface area (Å²) in [7, 11) is 0. The first-order valence-electron chi connectivity index (χ1n) is 11.3. The Morgan fingerprint density at radius 2 is 1.62 bits per heavy atom. The van der Waals surface area contributed by atoms with Gasteiger partial charge in [0.05, 0.1) is 5.52 Å². The van der Waals surface area contributed by atoms with Gasteiger partial charge in [0.1, 0.15) is 17.3 Å². The number of nitrogens with zero attached hydrogens (tertiary/aromatic N) is 2. The maximum Gasteiger partial charge on any atom is 0.225 e. The number of aryl methyl sites for hydroxylation is 1. The molecule has 5 nitrogen and oxygen atoms in total. The van der Waals surface area contributed by atoms with Crippen molar-refractivity contribution in [2.45, 2.75) is 45.2 Å². The van der Waals surface area contributed by atoms with Crippen LogP contribution in [0.5, 0.6) is 11.5 Å². The van der Waals surface area contributed by atoms with Crippen LogP contribution in [0.3, 0.4) is 0 Å². The van der Waals surface area contributed by atoms with Crippen LogP contribution in [0.1, 0.15) is 36.8 Å². The molecular weight excluding hydrogens is 396 g/mol. The van der Waals surface area contributed by atoms with Crippen LogP contribution in [0.25, 0.3) is 10.9 Å². The number of hydrogen-bond acceptors (Lipinski definition) is 5. The fourth-order valence-corrected chi connectivity index (χ4v) is 4.19. The van der Waals surface area contributed by atoms with Gasteiger partial charge in [0, 0.05) is 23.5 Å². The molecule has 1 heterocycles. The Hall–Kier alpha value is -3.60. The van der Waals surface area contributed by atoms with Crippen LogP contribution in [-0.4, -0.2) is 16.0 Å². The number of anilines is 2. The van der Waals surface area contributed by atoms with E-state index in [4.69, 9.17) is 14.7 Å². The molecule has 3 aromatic carbocycles. The summed E-state index contributed by atoms with van der Waals surface area (Å²) in [5, 5.41) is 8.13. The molecule has 1 aliphatic carbocycles. The largest absolute Gasteiger partial charge is 0.457 e. The van der Waals surface area contributed by atoms with Crippen LogP contribution in [-0.2, 0) is 6.54 Å². The van der Waals surface area contributed by atoms with Gasteiger partial charge in [-0.25, -0.2) is 4.98 Å². The van der Waals surface area contributed by atoms with Gasteiger partial charge in [-0.3, -0.25) is 0 Å². The van der Waals surface area contributed by atoms with E-state index in [9.17, 15) is 0 Å². The van der Waals surface area contributed by atoms with Crippen LogP contribution in [0.2, 0.25) is 0 Å². The highest BCUT2D eigenvalue weighted by Gasteiger charge is 2.17. The lowest BCUT2D eigenvalue weighted by molar-refractivity contribution is 0.477. The van der Waals surface area contributed by atoms with Gasteiger partial charge < -0.3 is 15.4 Å². The quantitative estimate of drug-likeness (QED) is 0.346. The number of aromatic nitrogens is 2. The van der Waals surface area contributed by atoms with E-state index in [1.54, 1.807) is 0 Å². The van der Waals surface area contributed by atoms with Crippen molar-refractivity contribution in [3.05, 3.63) is 83.9 Å². The average molecular weight is 425 g/mol. The zero-order valence-electron chi connectivity index (χ0n) is 18.3. The van der Waals surface area contributed by atoms with Crippen molar-refractivity contribution in [3.63, 3.8) is 0 Å². The molecule has 4 aromatic rings. The summed E-state index contributed by atoms with van der Waals surface area (Å²) in [4.78, 5) is 9.57. The van der Waals surface area contributed by atoms with Gasteiger partial charge in [-0.05, 0) is 50.1 Å². The number of hydrogen-bond donors (Lipinski definition) is 2. The summed E-state index contributed by atoms with van der Waals surface area (Å²) in [5.41, 5.74) is 3.20. The third-order valence-corrected chi connectivity index (χ3v) is 5.96. The Labute approximate surface area is 188 Å². The number of rotatable bonds is 7. The highest BCUT2D eigenvalue weighted by atomic mass is 16.5. The molecule has 0 saturated heterocycles. The Morgan fingerprint density at radius 1 is 0.875 bits per heavy atom. The van der Waals surface area contributed by atoms with Crippen LogP contribution in [0, 0.1) is 6.92 Å². The summed E-state index contributed by atoms with van der Waals surface area (Å²) in [6.45, 7) is 2.64. The van der Waals surface area contributed by atoms with Crippen molar-refractivity contribution in [1.29, 1.82) is 0 Å². The van der Waals surface area contributed by atoms with Gasteiger partial charge in [-0.1, -0.05) is 60.9 Å². The highest BCUT2D eigenvalue weighted by Crippen LogP contribution is 2.29. The smallest absolute Gasteiger partial charge is 0.225 e. The van der Waals surface area contributed by atoms with E-state index in [2.05, 4.69) is 41.8 Å². The van der Waals surface area contributed by atoms with Crippen molar-refractivity contribution in [3.8, 4) is 11.5 Å². The maximum atomic E-state index is 6.14. The molecule has 1 fully saturated rings.